The first kappa shape index (κ1) is 16.2. The van der Waals surface area contributed by atoms with E-state index >= 15 is 0 Å². The molecule has 1 rings (SSSR count). The van der Waals surface area contributed by atoms with Crippen molar-refractivity contribution in [1.82, 2.24) is 0 Å². The van der Waals surface area contributed by atoms with Crippen molar-refractivity contribution in [1.29, 1.82) is 0 Å². The lowest BCUT2D eigenvalue weighted by Crippen LogP contribution is -2.12. The Hall–Kier alpha value is 0.1000. The van der Waals surface area contributed by atoms with Crippen molar-refractivity contribution in [2.75, 3.05) is 25.2 Å². The molecular formula is C14H20Br2O2. The SMILES string of the molecule is CC(C)COCCOC(CBr)c1ccc(Br)cc1. The van der Waals surface area contributed by atoms with E-state index in [1.165, 1.54) is 5.56 Å². The van der Waals surface area contributed by atoms with Gasteiger partial charge in [0.05, 0.1) is 19.3 Å². The maximum atomic E-state index is 5.81. The molecule has 0 saturated carbocycles. The Morgan fingerprint density at radius 2 is 1.78 bits per heavy atom. The van der Waals surface area contributed by atoms with E-state index in [9.17, 15) is 0 Å². The van der Waals surface area contributed by atoms with Gasteiger partial charge in [-0.05, 0) is 23.6 Å². The average Bonchev–Trinajstić information content (AvgIpc) is 2.35. The van der Waals surface area contributed by atoms with Crippen LogP contribution in [0.25, 0.3) is 0 Å². The molecule has 1 unspecified atom stereocenters. The minimum atomic E-state index is 0.0840. The second kappa shape index (κ2) is 9.08. The number of benzene rings is 1. The summed E-state index contributed by atoms with van der Waals surface area (Å²) in [6, 6.07) is 8.21. The van der Waals surface area contributed by atoms with E-state index in [-0.39, 0.29) is 6.10 Å². The Morgan fingerprint density at radius 3 is 2.33 bits per heavy atom. The number of alkyl halides is 1. The standard InChI is InChI=1S/C14H20Br2O2/c1-11(2)10-17-7-8-18-14(9-15)12-3-5-13(16)6-4-12/h3-6,11,14H,7-10H2,1-2H3. The van der Waals surface area contributed by atoms with Crippen molar-refractivity contribution >= 4 is 31.9 Å². The fourth-order valence-electron chi connectivity index (χ4n) is 1.48. The van der Waals surface area contributed by atoms with Gasteiger partial charge in [-0.15, -0.1) is 0 Å². The average molecular weight is 380 g/mol. The van der Waals surface area contributed by atoms with Gasteiger partial charge in [0.25, 0.3) is 0 Å². The summed E-state index contributed by atoms with van der Waals surface area (Å²) in [5.74, 6) is 0.573. The van der Waals surface area contributed by atoms with Crippen LogP contribution < -0.4 is 0 Å². The summed E-state index contributed by atoms with van der Waals surface area (Å²) in [4.78, 5) is 0. The molecule has 18 heavy (non-hydrogen) atoms. The molecule has 0 heterocycles. The Kier molecular flexibility index (Phi) is 8.15. The van der Waals surface area contributed by atoms with Gasteiger partial charge in [-0.25, -0.2) is 0 Å². The predicted molar refractivity (Wildman–Crippen MR) is 82.3 cm³/mol. The molecule has 0 aliphatic heterocycles. The lowest BCUT2D eigenvalue weighted by Gasteiger charge is -2.16. The van der Waals surface area contributed by atoms with Gasteiger partial charge in [0, 0.05) is 16.4 Å². The highest BCUT2D eigenvalue weighted by molar-refractivity contribution is 9.10. The van der Waals surface area contributed by atoms with Gasteiger partial charge in [-0.1, -0.05) is 57.8 Å². The van der Waals surface area contributed by atoms with Crippen LogP contribution in [0.15, 0.2) is 28.7 Å². The van der Waals surface area contributed by atoms with E-state index in [0.29, 0.717) is 19.1 Å². The topological polar surface area (TPSA) is 18.5 Å². The van der Waals surface area contributed by atoms with Gasteiger partial charge in [-0.3, -0.25) is 0 Å². The molecule has 0 bridgehead atoms. The first-order chi connectivity index (χ1) is 8.63. The third kappa shape index (κ3) is 6.32. The van der Waals surface area contributed by atoms with E-state index in [0.717, 1.165) is 16.4 Å². The number of ether oxygens (including phenoxy) is 2. The molecule has 0 aliphatic rings. The maximum absolute atomic E-state index is 5.81. The Morgan fingerprint density at radius 1 is 1.11 bits per heavy atom. The van der Waals surface area contributed by atoms with Crippen LogP contribution >= 0.6 is 31.9 Å². The fraction of sp³-hybridized carbons (Fsp3) is 0.571. The highest BCUT2D eigenvalue weighted by atomic mass is 79.9. The maximum Gasteiger partial charge on any atom is 0.0922 e. The van der Waals surface area contributed by atoms with Crippen LogP contribution in [0.1, 0.15) is 25.5 Å². The van der Waals surface area contributed by atoms with Gasteiger partial charge in [-0.2, -0.15) is 0 Å². The highest BCUT2D eigenvalue weighted by Gasteiger charge is 2.10. The summed E-state index contributed by atoms with van der Waals surface area (Å²) in [7, 11) is 0. The number of rotatable bonds is 8. The lowest BCUT2D eigenvalue weighted by atomic mass is 10.1. The fourth-order valence-corrected chi connectivity index (χ4v) is 2.30. The zero-order chi connectivity index (χ0) is 13.4. The summed E-state index contributed by atoms with van der Waals surface area (Å²) in [5.41, 5.74) is 1.18. The predicted octanol–water partition coefficient (Wildman–Crippen LogP) is 4.57. The normalized spacial score (nSPS) is 12.9. The van der Waals surface area contributed by atoms with Crippen LogP contribution in [0, 0.1) is 5.92 Å². The van der Waals surface area contributed by atoms with Crippen LogP contribution in [0.5, 0.6) is 0 Å². The molecule has 1 aromatic carbocycles. The van der Waals surface area contributed by atoms with Crippen molar-refractivity contribution in [3.63, 3.8) is 0 Å². The molecule has 102 valence electrons. The van der Waals surface area contributed by atoms with Crippen LogP contribution in [0.4, 0.5) is 0 Å². The van der Waals surface area contributed by atoms with E-state index in [4.69, 9.17) is 9.47 Å². The summed E-state index contributed by atoms with van der Waals surface area (Å²) < 4.78 is 12.4. The summed E-state index contributed by atoms with van der Waals surface area (Å²) in [6.45, 7) is 6.35. The van der Waals surface area contributed by atoms with E-state index in [1.807, 2.05) is 12.1 Å². The lowest BCUT2D eigenvalue weighted by molar-refractivity contribution is 0.00760. The summed E-state index contributed by atoms with van der Waals surface area (Å²) in [6.07, 6.45) is 0.0840. The van der Waals surface area contributed by atoms with Gasteiger partial charge >= 0.3 is 0 Å². The molecule has 0 radical (unpaired) electrons. The molecule has 0 fully saturated rings. The van der Waals surface area contributed by atoms with Crippen LogP contribution in [0.2, 0.25) is 0 Å². The largest absolute Gasteiger partial charge is 0.379 e. The molecule has 0 spiro atoms. The van der Waals surface area contributed by atoms with Crippen molar-refractivity contribution < 1.29 is 9.47 Å². The molecule has 0 saturated heterocycles. The van der Waals surface area contributed by atoms with E-state index < -0.39 is 0 Å². The smallest absolute Gasteiger partial charge is 0.0922 e. The Balaban J connectivity index is 2.31. The van der Waals surface area contributed by atoms with Crippen LogP contribution in [0.3, 0.4) is 0 Å². The molecule has 2 nitrogen and oxygen atoms in total. The minimum Gasteiger partial charge on any atom is -0.379 e. The van der Waals surface area contributed by atoms with Gasteiger partial charge < -0.3 is 9.47 Å². The van der Waals surface area contributed by atoms with E-state index in [1.54, 1.807) is 0 Å². The Bertz CT molecular complexity index is 325. The minimum absolute atomic E-state index is 0.0840. The molecule has 0 N–H and O–H groups in total. The van der Waals surface area contributed by atoms with Gasteiger partial charge in [0.15, 0.2) is 0 Å². The summed E-state index contributed by atoms with van der Waals surface area (Å²) >= 11 is 6.92. The van der Waals surface area contributed by atoms with Crippen LogP contribution in [-0.2, 0) is 9.47 Å². The zero-order valence-electron chi connectivity index (χ0n) is 10.9. The van der Waals surface area contributed by atoms with Crippen molar-refractivity contribution in [2.45, 2.75) is 20.0 Å². The van der Waals surface area contributed by atoms with Crippen molar-refractivity contribution in [3.8, 4) is 0 Å². The molecule has 0 aromatic heterocycles. The van der Waals surface area contributed by atoms with E-state index in [2.05, 4.69) is 57.8 Å². The third-order valence-corrected chi connectivity index (χ3v) is 3.50. The summed E-state index contributed by atoms with van der Waals surface area (Å²) in [5, 5.41) is 0.790. The second-order valence-electron chi connectivity index (χ2n) is 4.53. The second-order valence-corrected chi connectivity index (χ2v) is 6.10. The first-order valence-corrected chi connectivity index (χ1v) is 8.05. The third-order valence-electron chi connectivity index (χ3n) is 2.38. The number of halogens is 2. The molecular weight excluding hydrogens is 360 g/mol. The zero-order valence-corrected chi connectivity index (χ0v) is 14.0. The van der Waals surface area contributed by atoms with Gasteiger partial charge in [0.2, 0.25) is 0 Å². The molecule has 0 amide bonds. The van der Waals surface area contributed by atoms with Crippen molar-refractivity contribution in [3.05, 3.63) is 34.3 Å². The quantitative estimate of drug-likeness (QED) is 0.486. The van der Waals surface area contributed by atoms with Gasteiger partial charge in [0.1, 0.15) is 0 Å². The van der Waals surface area contributed by atoms with Crippen LogP contribution in [-0.4, -0.2) is 25.2 Å². The first-order valence-electron chi connectivity index (χ1n) is 6.14. The molecule has 1 aromatic rings. The number of hydrogen-bond donors (Lipinski definition) is 0. The molecule has 0 aliphatic carbocycles. The number of hydrogen-bond acceptors (Lipinski definition) is 2. The van der Waals surface area contributed by atoms with Crippen molar-refractivity contribution in [2.24, 2.45) is 5.92 Å². The Labute approximate surface area is 126 Å². The molecule has 4 heteroatoms. The monoisotopic (exact) mass is 378 g/mol. The highest BCUT2D eigenvalue weighted by Crippen LogP contribution is 2.21. The molecule has 1 atom stereocenters.